The number of nitrogens with zero attached hydrogens (tertiary/aromatic N) is 5. The highest BCUT2D eigenvalue weighted by atomic mass is 16.5. The number of fused-ring (bicyclic) bond motifs is 1. The Morgan fingerprint density at radius 1 is 1.13 bits per heavy atom. The van der Waals surface area contributed by atoms with Gasteiger partial charge in [-0.05, 0) is 43.3 Å². The number of aromatic nitrogens is 6. The average Bonchev–Trinajstić information content (AvgIpc) is 3.41. The predicted octanol–water partition coefficient (Wildman–Crippen LogP) is 2.72. The van der Waals surface area contributed by atoms with Crippen LogP contribution in [-0.4, -0.2) is 35.8 Å². The highest BCUT2D eigenvalue weighted by molar-refractivity contribution is 6.05. The van der Waals surface area contributed by atoms with Crippen LogP contribution in [0.15, 0.2) is 70.4 Å². The number of aromatic amines is 1. The first-order chi connectivity index (χ1) is 15.1. The van der Waals surface area contributed by atoms with Crippen molar-refractivity contribution in [2.45, 2.75) is 6.92 Å². The SMILES string of the molecule is Cc1noc(-c2ccc(C(=O)Nc3ccccc3-n3ncc4c(=O)[nH]cnc43)cc2)n1. The third-order valence-corrected chi connectivity index (χ3v) is 4.67. The van der Waals surface area contributed by atoms with Gasteiger partial charge in [-0.25, -0.2) is 9.67 Å². The number of benzene rings is 2. The van der Waals surface area contributed by atoms with E-state index in [9.17, 15) is 9.59 Å². The average molecular weight is 413 g/mol. The Morgan fingerprint density at radius 2 is 1.94 bits per heavy atom. The van der Waals surface area contributed by atoms with E-state index in [-0.39, 0.29) is 11.5 Å². The topological polar surface area (TPSA) is 132 Å². The second-order valence-electron chi connectivity index (χ2n) is 6.72. The number of aryl methyl sites for hydroxylation is 1. The molecule has 31 heavy (non-hydrogen) atoms. The Balaban J connectivity index is 1.45. The van der Waals surface area contributed by atoms with Gasteiger partial charge in [0.2, 0.25) is 0 Å². The third-order valence-electron chi connectivity index (χ3n) is 4.67. The number of carbonyl (C=O) groups is 1. The Bertz CT molecular complexity index is 1460. The number of rotatable bonds is 4. The van der Waals surface area contributed by atoms with Crippen LogP contribution in [0.4, 0.5) is 5.69 Å². The number of para-hydroxylation sites is 2. The van der Waals surface area contributed by atoms with Crippen LogP contribution in [0.1, 0.15) is 16.2 Å². The van der Waals surface area contributed by atoms with Gasteiger partial charge in [0, 0.05) is 11.1 Å². The van der Waals surface area contributed by atoms with Crippen LogP contribution in [0.5, 0.6) is 0 Å². The van der Waals surface area contributed by atoms with E-state index in [0.29, 0.717) is 39.7 Å². The second-order valence-corrected chi connectivity index (χ2v) is 6.72. The molecule has 2 N–H and O–H groups in total. The first-order valence-electron chi connectivity index (χ1n) is 9.33. The lowest BCUT2D eigenvalue weighted by atomic mass is 10.1. The van der Waals surface area contributed by atoms with Crippen LogP contribution >= 0.6 is 0 Å². The van der Waals surface area contributed by atoms with E-state index in [4.69, 9.17) is 4.52 Å². The van der Waals surface area contributed by atoms with Gasteiger partial charge in [0.15, 0.2) is 11.5 Å². The van der Waals surface area contributed by atoms with E-state index in [1.165, 1.54) is 17.2 Å². The lowest BCUT2D eigenvalue weighted by Gasteiger charge is -2.11. The minimum absolute atomic E-state index is 0.283. The van der Waals surface area contributed by atoms with E-state index < -0.39 is 0 Å². The predicted molar refractivity (Wildman–Crippen MR) is 112 cm³/mol. The fraction of sp³-hybridized carbons (Fsp3) is 0.0476. The fourth-order valence-corrected chi connectivity index (χ4v) is 3.17. The van der Waals surface area contributed by atoms with Gasteiger partial charge in [0.05, 0.1) is 23.9 Å². The summed E-state index contributed by atoms with van der Waals surface area (Å²) in [6.07, 6.45) is 2.76. The number of hydrogen-bond acceptors (Lipinski definition) is 7. The molecule has 0 aliphatic rings. The summed E-state index contributed by atoms with van der Waals surface area (Å²) in [7, 11) is 0. The summed E-state index contributed by atoms with van der Waals surface area (Å²) in [4.78, 5) is 35.7. The molecule has 0 unspecified atom stereocenters. The summed E-state index contributed by atoms with van der Waals surface area (Å²) in [5.41, 5.74) is 2.39. The molecule has 0 radical (unpaired) electrons. The highest BCUT2D eigenvalue weighted by Gasteiger charge is 2.15. The third kappa shape index (κ3) is 3.35. The molecule has 2 aromatic carbocycles. The molecule has 5 aromatic rings. The smallest absolute Gasteiger partial charge is 0.261 e. The lowest BCUT2D eigenvalue weighted by molar-refractivity contribution is 0.102. The zero-order valence-corrected chi connectivity index (χ0v) is 16.2. The maximum absolute atomic E-state index is 12.8. The van der Waals surface area contributed by atoms with Crippen molar-refractivity contribution < 1.29 is 9.32 Å². The van der Waals surface area contributed by atoms with Crippen LogP contribution in [0, 0.1) is 6.92 Å². The normalized spacial score (nSPS) is 11.0. The first kappa shape index (κ1) is 18.4. The van der Waals surface area contributed by atoms with E-state index in [0.717, 1.165) is 5.56 Å². The zero-order chi connectivity index (χ0) is 21.4. The summed E-state index contributed by atoms with van der Waals surface area (Å²) in [5.74, 6) is 0.627. The maximum Gasteiger partial charge on any atom is 0.261 e. The van der Waals surface area contributed by atoms with Gasteiger partial charge in [-0.15, -0.1) is 0 Å². The van der Waals surface area contributed by atoms with Crippen LogP contribution in [0.3, 0.4) is 0 Å². The van der Waals surface area contributed by atoms with E-state index >= 15 is 0 Å². The minimum atomic E-state index is -0.303. The van der Waals surface area contributed by atoms with Crippen molar-refractivity contribution in [1.29, 1.82) is 0 Å². The molecule has 3 heterocycles. The summed E-state index contributed by atoms with van der Waals surface area (Å²) in [5, 5.41) is 11.3. The lowest BCUT2D eigenvalue weighted by Crippen LogP contribution is -2.14. The first-order valence-corrected chi connectivity index (χ1v) is 9.33. The zero-order valence-electron chi connectivity index (χ0n) is 16.2. The second kappa shape index (κ2) is 7.34. The van der Waals surface area contributed by atoms with Crippen molar-refractivity contribution in [3.63, 3.8) is 0 Å². The Labute approximate surface area is 174 Å². The van der Waals surface area contributed by atoms with Crippen LogP contribution < -0.4 is 10.9 Å². The maximum atomic E-state index is 12.8. The van der Waals surface area contributed by atoms with E-state index in [2.05, 4.69) is 30.5 Å². The molecule has 0 saturated heterocycles. The van der Waals surface area contributed by atoms with Gasteiger partial charge >= 0.3 is 0 Å². The standard InChI is InChI=1S/C21H15N7O3/c1-12-25-21(31-27-12)14-8-6-13(7-9-14)19(29)26-16-4-2-3-5-17(16)28-18-15(10-24-28)20(30)23-11-22-18/h2-11H,1H3,(H,26,29)(H,22,23,30). The van der Waals surface area contributed by atoms with Gasteiger partial charge < -0.3 is 14.8 Å². The molecule has 0 atom stereocenters. The number of hydrogen-bond donors (Lipinski definition) is 2. The molecule has 0 aliphatic carbocycles. The molecular formula is C21H15N7O3. The van der Waals surface area contributed by atoms with Crippen molar-refractivity contribution >= 4 is 22.6 Å². The molecule has 0 fully saturated rings. The summed E-state index contributed by atoms with van der Waals surface area (Å²) < 4.78 is 6.66. The van der Waals surface area contributed by atoms with Crippen molar-refractivity contribution in [2.75, 3.05) is 5.32 Å². The molecular weight excluding hydrogens is 398 g/mol. The molecule has 10 heteroatoms. The largest absolute Gasteiger partial charge is 0.334 e. The Kier molecular flexibility index (Phi) is 4.36. The molecule has 0 spiro atoms. The van der Waals surface area contributed by atoms with Gasteiger partial charge in [-0.3, -0.25) is 9.59 Å². The summed E-state index contributed by atoms with van der Waals surface area (Å²) in [6, 6.07) is 14.0. The molecule has 1 amide bonds. The minimum Gasteiger partial charge on any atom is -0.334 e. The molecule has 5 rings (SSSR count). The molecule has 0 bridgehead atoms. The molecule has 152 valence electrons. The fourth-order valence-electron chi connectivity index (χ4n) is 3.17. The molecule has 3 aromatic heterocycles. The summed E-state index contributed by atoms with van der Waals surface area (Å²) >= 11 is 0. The van der Waals surface area contributed by atoms with Gasteiger partial charge in [0.25, 0.3) is 17.4 Å². The summed E-state index contributed by atoms with van der Waals surface area (Å²) in [6.45, 7) is 1.74. The highest BCUT2D eigenvalue weighted by Crippen LogP contribution is 2.23. The van der Waals surface area contributed by atoms with E-state index in [1.54, 1.807) is 49.4 Å². The van der Waals surface area contributed by atoms with Crippen LogP contribution in [-0.2, 0) is 0 Å². The number of anilines is 1. The van der Waals surface area contributed by atoms with Crippen LogP contribution in [0.25, 0.3) is 28.2 Å². The Hall–Kier alpha value is -4.60. The molecule has 10 nitrogen and oxygen atoms in total. The number of H-pyrrole nitrogens is 1. The van der Waals surface area contributed by atoms with Crippen molar-refractivity contribution in [3.8, 4) is 17.1 Å². The van der Waals surface area contributed by atoms with E-state index in [1.807, 2.05) is 6.07 Å². The van der Waals surface area contributed by atoms with Gasteiger partial charge in [0.1, 0.15) is 5.39 Å². The molecule has 0 aliphatic heterocycles. The van der Waals surface area contributed by atoms with Crippen molar-refractivity contribution in [1.82, 2.24) is 29.9 Å². The molecule has 0 saturated carbocycles. The van der Waals surface area contributed by atoms with Gasteiger partial charge in [-0.2, -0.15) is 10.1 Å². The monoisotopic (exact) mass is 413 g/mol. The number of nitrogens with one attached hydrogen (secondary N) is 2. The Morgan fingerprint density at radius 3 is 2.71 bits per heavy atom. The van der Waals surface area contributed by atoms with Crippen LogP contribution in [0.2, 0.25) is 0 Å². The van der Waals surface area contributed by atoms with Crippen molar-refractivity contribution in [3.05, 3.63) is 82.8 Å². The van der Waals surface area contributed by atoms with Gasteiger partial charge in [-0.1, -0.05) is 17.3 Å². The number of amides is 1. The van der Waals surface area contributed by atoms with Crippen molar-refractivity contribution in [2.24, 2.45) is 0 Å². The number of carbonyl (C=O) groups excluding carboxylic acids is 1. The quantitative estimate of drug-likeness (QED) is 0.463.